The molecular formula is C15H26N2O6. The lowest BCUT2D eigenvalue weighted by Gasteiger charge is -2.26. The fraction of sp³-hybridized carbons (Fsp3) is 0.733. The van der Waals surface area contributed by atoms with Crippen molar-refractivity contribution in [2.75, 3.05) is 6.61 Å². The molecule has 0 rings (SSSR count). The van der Waals surface area contributed by atoms with Crippen LogP contribution in [0.4, 0.5) is 0 Å². The van der Waals surface area contributed by atoms with Crippen LogP contribution in [0, 0.1) is 11.8 Å². The van der Waals surface area contributed by atoms with E-state index in [0.717, 1.165) is 0 Å². The molecule has 2 amide bonds. The standard InChI is InChI=1S/C15H26N2O6/c1-6-23-11(19)7-9(4)13(15(21)22)17-14(20)12(8(2)3)16-10(5)18/h8-9,12-13H,6-7H2,1-5H3,(H,16,18)(H,17,20)(H,21,22)/t9-,12-,13+/m1/s1. The van der Waals surface area contributed by atoms with Gasteiger partial charge in [-0.05, 0) is 18.8 Å². The summed E-state index contributed by atoms with van der Waals surface area (Å²) in [6.07, 6.45) is -0.127. The zero-order valence-corrected chi connectivity index (χ0v) is 14.2. The van der Waals surface area contributed by atoms with Crippen molar-refractivity contribution in [1.82, 2.24) is 10.6 Å². The Hall–Kier alpha value is -2.12. The largest absolute Gasteiger partial charge is 0.480 e. The van der Waals surface area contributed by atoms with Gasteiger partial charge in [-0.25, -0.2) is 4.79 Å². The van der Waals surface area contributed by atoms with E-state index in [-0.39, 0.29) is 24.9 Å². The van der Waals surface area contributed by atoms with Crippen LogP contribution in [-0.4, -0.2) is 47.6 Å². The second kappa shape index (κ2) is 9.81. The molecule has 132 valence electrons. The predicted molar refractivity (Wildman–Crippen MR) is 82.4 cm³/mol. The maximum Gasteiger partial charge on any atom is 0.326 e. The van der Waals surface area contributed by atoms with Crippen molar-refractivity contribution < 1.29 is 29.0 Å². The van der Waals surface area contributed by atoms with Crippen molar-refractivity contribution in [2.24, 2.45) is 11.8 Å². The Balaban J connectivity index is 4.97. The van der Waals surface area contributed by atoms with Crippen molar-refractivity contribution in [3.63, 3.8) is 0 Å². The Kier molecular flexibility index (Phi) is 8.90. The van der Waals surface area contributed by atoms with Gasteiger partial charge in [-0.3, -0.25) is 14.4 Å². The SMILES string of the molecule is CCOC(=O)C[C@@H](C)[C@H](NC(=O)[C@H](NC(C)=O)C(C)C)C(=O)O. The van der Waals surface area contributed by atoms with E-state index in [9.17, 15) is 24.3 Å². The van der Waals surface area contributed by atoms with Gasteiger partial charge in [0.1, 0.15) is 12.1 Å². The van der Waals surface area contributed by atoms with E-state index in [0.29, 0.717) is 0 Å². The fourth-order valence-corrected chi connectivity index (χ4v) is 2.05. The predicted octanol–water partition coefficient (Wildman–Crippen LogP) is 0.306. The molecule has 0 aromatic carbocycles. The molecule has 23 heavy (non-hydrogen) atoms. The Labute approximate surface area is 136 Å². The van der Waals surface area contributed by atoms with E-state index in [1.165, 1.54) is 6.92 Å². The molecule has 3 atom stereocenters. The van der Waals surface area contributed by atoms with Crippen LogP contribution < -0.4 is 10.6 Å². The first-order valence-electron chi connectivity index (χ1n) is 7.56. The van der Waals surface area contributed by atoms with Gasteiger partial charge >= 0.3 is 11.9 Å². The average molecular weight is 330 g/mol. The summed E-state index contributed by atoms with van der Waals surface area (Å²) in [5.74, 6) is -3.62. The quantitative estimate of drug-likeness (QED) is 0.523. The summed E-state index contributed by atoms with van der Waals surface area (Å²) in [5, 5.41) is 14.2. The van der Waals surface area contributed by atoms with Gasteiger partial charge in [-0.1, -0.05) is 20.8 Å². The molecule has 0 saturated carbocycles. The summed E-state index contributed by atoms with van der Waals surface area (Å²) < 4.78 is 4.78. The highest BCUT2D eigenvalue weighted by Gasteiger charge is 2.32. The molecule has 0 aromatic heterocycles. The summed E-state index contributed by atoms with van der Waals surface area (Å²) in [6, 6.07) is -2.09. The number of carbonyl (C=O) groups excluding carboxylic acids is 3. The summed E-state index contributed by atoms with van der Waals surface area (Å²) in [7, 11) is 0. The van der Waals surface area contributed by atoms with Crippen LogP contribution >= 0.6 is 0 Å². The van der Waals surface area contributed by atoms with Gasteiger partial charge in [0.2, 0.25) is 11.8 Å². The molecule has 0 aliphatic heterocycles. The number of carbonyl (C=O) groups is 4. The van der Waals surface area contributed by atoms with Crippen LogP contribution in [0.2, 0.25) is 0 Å². The van der Waals surface area contributed by atoms with Gasteiger partial charge in [0.05, 0.1) is 13.0 Å². The molecule has 0 radical (unpaired) electrons. The van der Waals surface area contributed by atoms with Crippen molar-refractivity contribution in [1.29, 1.82) is 0 Å². The lowest BCUT2D eigenvalue weighted by molar-refractivity contribution is -0.147. The summed E-state index contributed by atoms with van der Waals surface area (Å²) >= 11 is 0. The highest BCUT2D eigenvalue weighted by molar-refractivity contribution is 5.90. The van der Waals surface area contributed by atoms with Crippen molar-refractivity contribution in [2.45, 2.75) is 53.1 Å². The smallest absolute Gasteiger partial charge is 0.326 e. The second-order valence-corrected chi connectivity index (χ2v) is 5.73. The highest BCUT2D eigenvalue weighted by Crippen LogP contribution is 2.12. The second-order valence-electron chi connectivity index (χ2n) is 5.73. The third-order valence-corrected chi connectivity index (χ3v) is 3.23. The van der Waals surface area contributed by atoms with E-state index >= 15 is 0 Å². The normalized spacial score (nSPS) is 14.5. The summed E-state index contributed by atoms with van der Waals surface area (Å²) in [4.78, 5) is 46.3. The molecule has 8 nitrogen and oxygen atoms in total. The number of carboxylic acid groups (broad SMARTS) is 1. The lowest BCUT2D eigenvalue weighted by Crippen LogP contribution is -2.55. The molecule has 0 bridgehead atoms. The van der Waals surface area contributed by atoms with Gasteiger partial charge in [0, 0.05) is 6.92 Å². The minimum absolute atomic E-state index is 0.127. The Morgan fingerprint density at radius 1 is 1.04 bits per heavy atom. The first kappa shape index (κ1) is 20.9. The number of nitrogens with one attached hydrogen (secondary N) is 2. The zero-order chi connectivity index (χ0) is 18.2. The van der Waals surface area contributed by atoms with Crippen LogP contribution in [0.3, 0.4) is 0 Å². The van der Waals surface area contributed by atoms with E-state index in [1.807, 2.05) is 0 Å². The zero-order valence-electron chi connectivity index (χ0n) is 14.2. The maximum absolute atomic E-state index is 12.2. The number of rotatable bonds is 9. The number of hydrogen-bond acceptors (Lipinski definition) is 5. The van der Waals surface area contributed by atoms with Gasteiger partial charge in [0.15, 0.2) is 0 Å². The van der Waals surface area contributed by atoms with Gasteiger partial charge in [-0.15, -0.1) is 0 Å². The van der Waals surface area contributed by atoms with Gasteiger partial charge < -0.3 is 20.5 Å². The molecule has 0 unspecified atom stereocenters. The topological polar surface area (TPSA) is 122 Å². The number of hydrogen-bond donors (Lipinski definition) is 3. The molecule has 0 heterocycles. The number of aliphatic carboxylic acids is 1. The Morgan fingerprint density at radius 3 is 2.00 bits per heavy atom. The van der Waals surface area contributed by atoms with Crippen LogP contribution in [0.15, 0.2) is 0 Å². The number of ether oxygens (including phenoxy) is 1. The molecule has 0 fully saturated rings. The monoisotopic (exact) mass is 330 g/mol. The number of carboxylic acids is 1. The number of amides is 2. The maximum atomic E-state index is 12.2. The van der Waals surface area contributed by atoms with Crippen molar-refractivity contribution >= 4 is 23.8 Å². The van der Waals surface area contributed by atoms with Crippen molar-refractivity contribution in [3.05, 3.63) is 0 Å². The Morgan fingerprint density at radius 2 is 1.61 bits per heavy atom. The third kappa shape index (κ3) is 7.62. The third-order valence-electron chi connectivity index (χ3n) is 3.23. The molecule has 0 aliphatic rings. The number of esters is 1. The Bertz CT molecular complexity index is 449. The van der Waals surface area contributed by atoms with Crippen molar-refractivity contribution in [3.8, 4) is 0 Å². The van der Waals surface area contributed by atoms with E-state index in [2.05, 4.69) is 10.6 Å². The molecule has 8 heteroatoms. The lowest BCUT2D eigenvalue weighted by atomic mass is 9.96. The molecule has 0 spiro atoms. The molecule has 0 aromatic rings. The average Bonchev–Trinajstić information content (AvgIpc) is 2.40. The van der Waals surface area contributed by atoms with Gasteiger partial charge in [0.25, 0.3) is 0 Å². The van der Waals surface area contributed by atoms with E-state index < -0.39 is 35.8 Å². The molecule has 0 saturated heterocycles. The molecule has 0 aliphatic carbocycles. The van der Waals surface area contributed by atoms with Crippen LogP contribution in [0.1, 0.15) is 41.0 Å². The first-order chi connectivity index (χ1) is 10.6. The summed E-state index contributed by atoms with van der Waals surface area (Å²) in [6.45, 7) is 8.14. The van der Waals surface area contributed by atoms with Crippen LogP contribution in [0.5, 0.6) is 0 Å². The first-order valence-corrected chi connectivity index (χ1v) is 7.56. The minimum atomic E-state index is -1.25. The molecule has 3 N–H and O–H groups in total. The fourth-order valence-electron chi connectivity index (χ4n) is 2.05. The molecular weight excluding hydrogens is 304 g/mol. The van der Waals surface area contributed by atoms with E-state index in [4.69, 9.17) is 4.74 Å². The minimum Gasteiger partial charge on any atom is -0.480 e. The summed E-state index contributed by atoms with van der Waals surface area (Å²) in [5.41, 5.74) is 0. The van der Waals surface area contributed by atoms with Crippen LogP contribution in [-0.2, 0) is 23.9 Å². The van der Waals surface area contributed by atoms with E-state index in [1.54, 1.807) is 27.7 Å². The highest BCUT2D eigenvalue weighted by atomic mass is 16.5. The van der Waals surface area contributed by atoms with Gasteiger partial charge in [-0.2, -0.15) is 0 Å². The van der Waals surface area contributed by atoms with Crippen LogP contribution in [0.25, 0.3) is 0 Å².